The summed E-state index contributed by atoms with van der Waals surface area (Å²) in [7, 11) is -14.7. The number of rotatable bonds is 9. The van der Waals surface area contributed by atoms with Gasteiger partial charge in [0.05, 0.1) is 14.7 Å². The number of halogens is 3. The van der Waals surface area contributed by atoms with Gasteiger partial charge in [-0.2, -0.15) is 25.3 Å². The zero-order chi connectivity index (χ0) is 25.1. The second-order valence-electron chi connectivity index (χ2n) is 6.30. The van der Waals surface area contributed by atoms with E-state index in [1.54, 1.807) is 0 Å². The Labute approximate surface area is 198 Å². The molecule has 0 fully saturated rings. The highest BCUT2D eigenvalue weighted by Gasteiger charge is 2.47. The molecular weight excluding hydrogens is 540 g/mol. The molecule has 0 aliphatic rings. The van der Waals surface area contributed by atoms with Gasteiger partial charge >= 0.3 is 15.1 Å². The average molecular weight is 552 g/mol. The summed E-state index contributed by atoms with van der Waals surface area (Å²) in [5.41, 5.74) is 0. The van der Waals surface area contributed by atoms with E-state index in [1.807, 2.05) is 0 Å². The molecule has 0 aliphatic carbocycles. The molecule has 0 aliphatic heterocycles. The van der Waals surface area contributed by atoms with Gasteiger partial charge in [-0.15, -0.1) is 0 Å². The van der Waals surface area contributed by atoms with Gasteiger partial charge in [-0.3, -0.25) is 0 Å². The molecule has 0 saturated heterocycles. The van der Waals surface area contributed by atoms with E-state index in [2.05, 4.69) is 9.70 Å². The van der Waals surface area contributed by atoms with E-state index >= 15 is 0 Å². The van der Waals surface area contributed by atoms with E-state index in [9.17, 15) is 38.4 Å². The molecule has 0 spiro atoms. The highest BCUT2D eigenvalue weighted by atomic mass is 32.2. The molecule has 0 N–H and O–H groups in total. The molecule has 16 heteroatoms. The lowest BCUT2D eigenvalue weighted by molar-refractivity contribution is 0.311. The highest BCUT2D eigenvalue weighted by Crippen LogP contribution is 2.22. The van der Waals surface area contributed by atoms with Crippen LogP contribution in [0.5, 0.6) is 0 Å². The Morgan fingerprint density at radius 1 is 0.441 bits per heavy atom. The van der Waals surface area contributed by atoms with Gasteiger partial charge in [-0.05, 0) is 72.8 Å². The fourth-order valence-electron chi connectivity index (χ4n) is 2.33. The first-order valence-electron chi connectivity index (χ1n) is 8.85. The summed E-state index contributed by atoms with van der Waals surface area (Å²) in [5.74, 6) is -2.38. The van der Waals surface area contributed by atoms with Gasteiger partial charge in [0.2, 0.25) is 0 Å². The summed E-state index contributed by atoms with van der Waals surface area (Å²) in [6.45, 7) is 0. The van der Waals surface area contributed by atoms with Crippen molar-refractivity contribution in [3.63, 3.8) is 0 Å². The van der Waals surface area contributed by atoms with Gasteiger partial charge in [0.15, 0.2) is 0 Å². The fraction of sp³-hybridized carbons (Fsp3) is 0. The summed E-state index contributed by atoms with van der Waals surface area (Å²) in [6, 6.07) is 9.24. The van der Waals surface area contributed by atoms with Crippen molar-refractivity contribution >= 4 is 45.5 Å². The van der Waals surface area contributed by atoms with Crippen molar-refractivity contribution in [3.05, 3.63) is 90.2 Å². The molecule has 34 heavy (non-hydrogen) atoms. The molecule has 0 bridgehead atoms. The highest BCUT2D eigenvalue weighted by molar-refractivity contribution is 7.90. The minimum atomic E-state index is -4.90. The summed E-state index contributed by atoms with van der Waals surface area (Å²) < 4.78 is 129. The average Bonchev–Trinajstić information content (AvgIpc) is 2.73. The van der Waals surface area contributed by atoms with Crippen LogP contribution in [0.3, 0.4) is 0 Å². The predicted octanol–water partition coefficient (Wildman–Crippen LogP) is 2.61. The van der Waals surface area contributed by atoms with Crippen molar-refractivity contribution in [1.82, 2.24) is 0 Å². The van der Waals surface area contributed by atoms with Crippen molar-refractivity contribution in [2.45, 2.75) is 14.7 Å². The third-order valence-corrected chi connectivity index (χ3v) is 11.4. The van der Waals surface area contributed by atoms with Crippen LogP contribution in [0.15, 0.2) is 87.5 Å². The van der Waals surface area contributed by atoms with Crippen LogP contribution >= 0.6 is 0 Å². The second-order valence-corrected chi connectivity index (χ2v) is 13.3. The zero-order valence-electron chi connectivity index (χ0n) is 16.5. The molecule has 0 atom stereocenters. The molecule has 3 rings (SSSR count). The Morgan fingerprint density at radius 2 is 0.647 bits per heavy atom. The molecule has 0 aromatic heterocycles. The number of hydrogen-bond donors (Lipinski definition) is 0. The lowest BCUT2D eigenvalue weighted by Crippen LogP contribution is -2.35. The van der Waals surface area contributed by atoms with Gasteiger partial charge in [0.25, 0.3) is 30.4 Å². The van der Waals surface area contributed by atoms with E-state index in [0.717, 1.165) is 72.8 Å². The van der Waals surface area contributed by atoms with Crippen molar-refractivity contribution in [3.8, 4) is 0 Å². The van der Waals surface area contributed by atoms with Gasteiger partial charge in [0.1, 0.15) is 17.5 Å². The maximum Gasteiger partial charge on any atom is 0.952 e. The molecule has 0 amide bonds. The van der Waals surface area contributed by atoms with E-state index in [4.69, 9.17) is 0 Å². The van der Waals surface area contributed by atoms with Crippen LogP contribution in [0, 0.1) is 17.5 Å². The third-order valence-electron chi connectivity index (χ3n) is 3.92. The van der Waals surface area contributed by atoms with E-state index in [1.165, 1.54) is 0 Å². The van der Waals surface area contributed by atoms with Crippen LogP contribution in [0.2, 0.25) is 0 Å². The standard InChI is InChI=1S/3C6H5FO3S.Al/c3*7-5-1-3-6(4-2-5)11(8,9)10;/h3*1-4H,(H,8,9,10);/q;;;+3/p-3. The Morgan fingerprint density at radius 3 is 0.853 bits per heavy atom. The van der Waals surface area contributed by atoms with Gasteiger partial charge in [0, 0.05) is 0 Å². The van der Waals surface area contributed by atoms with E-state index in [0.29, 0.717) is 0 Å². The molecule has 180 valence electrons. The summed E-state index contributed by atoms with van der Waals surface area (Å²) >= 11 is -4.70. The van der Waals surface area contributed by atoms with Crippen LogP contribution in [0.25, 0.3) is 0 Å². The smallest absolute Gasteiger partial charge is 0.338 e. The third kappa shape index (κ3) is 6.65. The van der Waals surface area contributed by atoms with E-state index in [-0.39, 0.29) is 0 Å². The summed E-state index contributed by atoms with van der Waals surface area (Å²) in [4.78, 5) is -1.97. The van der Waals surface area contributed by atoms with Gasteiger partial charge in [-0.1, -0.05) is 0 Å². The molecule has 0 heterocycles. The zero-order valence-corrected chi connectivity index (χ0v) is 20.1. The first kappa shape index (κ1) is 26.3. The maximum atomic E-state index is 13.1. The fourth-order valence-corrected chi connectivity index (χ4v) is 8.80. The Bertz CT molecular complexity index is 1290. The van der Waals surface area contributed by atoms with Crippen LogP contribution in [-0.2, 0) is 40.1 Å². The van der Waals surface area contributed by atoms with Crippen LogP contribution in [0.4, 0.5) is 13.2 Å². The largest absolute Gasteiger partial charge is 0.952 e. The molecule has 0 radical (unpaired) electrons. The summed E-state index contributed by atoms with van der Waals surface area (Å²) in [5, 5.41) is 0. The normalized spacial score (nSPS) is 12.4. The van der Waals surface area contributed by atoms with Crippen molar-refractivity contribution in [2.24, 2.45) is 0 Å². The SMILES string of the molecule is O=S(=O)([O][Al]([O]S(=O)(=O)c1ccc(F)cc1)[O]S(=O)(=O)c1ccc(F)cc1)c1ccc(F)cc1. The molecule has 0 unspecified atom stereocenters. The molecule has 0 saturated carbocycles. The second kappa shape index (κ2) is 10.1. The van der Waals surface area contributed by atoms with E-state index < -0.39 is 77.6 Å². The van der Waals surface area contributed by atoms with Crippen molar-refractivity contribution in [2.75, 3.05) is 0 Å². The Balaban J connectivity index is 1.97. The van der Waals surface area contributed by atoms with Crippen molar-refractivity contribution in [1.29, 1.82) is 0 Å². The van der Waals surface area contributed by atoms with Crippen molar-refractivity contribution < 1.29 is 48.1 Å². The predicted molar refractivity (Wildman–Crippen MR) is 110 cm³/mol. The van der Waals surface area contributed by atoms with Crippen LogP contribution in [0.1, 0.15) is 0 Å². The maximum absolute atomic E-state index is 13.1. The Kier molecular flexibility index (Phi) is 7.85. The minimum absolute atomic E-state index is 0.656. The first-order valence-corrected chi connectivity index (χ1v) is 14.5. The van der Waals surface area contributed by atoms with Gasteiger partial charge in [-0.25, -0.2) is 13.2 Å². The van der Waals surface area contributed by atoms with Gasteiger partial charge < -0.3 is 9.70 Å². The lowest BCUT2D eigenvalue weighted by Gasteiger charge is -2.14. The minimum Gasteiger partial charge on any atom is -0.338 e. The monoisotopic (exact) mass is 552 g/mol. The molecule has 3 aromatic rings. The molecule has 3 aromatic carbocycles. The topological polar surface area (TPSA) is 130 Å². The number of benzene rings is 3. The Hall–Kier alpha value is -2.29. The van der Waals surface area contributed by atoms with Crippen LogP contribution < -0.4 is 0 Å². The molecular formula is C18H12AlF3O9S3. The quantitative estimate of drug-likeness (QED) is 0.368. The first-order chi connectivity index (χ1) is 15.8. The lowest BCUT2D eigenvalue weighted by atomic mass is 10.4. The number of hydrogen-bond acceptors (Lipinski definition) is 9. The molecule has 9 nitrogen and oxygen atoms in total. The summed E-state index contributed by atoms with van der Waals surface area (Å²) in [6.07, 6.45) is 0. The van der Waals surface area contributed by atoms with Crippen LogP contribution in [-0.4, -0.2) is 40.4 Å².